The number of rotatable bonds is 5. The van der Waals surface area contributed by atoms with Crippen LogP contribution in [0.1, 0.15) is 18.9 Å². The van der Waals surface area contributed by atoms with Crippen LogP contribution in [-0.4, -0.2) is 11.7 Å². The van der Waals surface area contributed by atoms with Gasteiger partial charge in [0, 0.05) is 12.0 Å². The summed E-state index contributed by atoms with van der Waals surface area (Å²) < 4.78 is 18.6. The number of para-hydroxylation sites is 1. The molecule has 0 spiro atoms. The highest BCUT2D eigenvalue weighted by atomic mass is 19.1. The van der Waals surface area contributed by atoms with E-state index >= 15 is 0 Å². The molecule has 2 nitrogen and oxygen atoms in total. The molecule has 0 aliphatic heterocycles. The molecule has 1 aromatic carbocycles. The van der Waals surface area contributed by atoms with Gasteiger partial charge in [0.15, 0.2) is 11.6 Å². The van der Waals surface area contributed by atoms with Crippen LogP contribution < -0.4 is 4.74 Å². The number of halogens is 1. The molecule has 0 unspecified atom stereocenters. The Bertz CT molecular complexity index is 347. The Morgan fingerprint density at radius 3 is 2.87 bits per heavy atom. The van der Waals surface area contributed by atoms with Gasteiger partial charge in [0.2, 0.25) is 0 Å². The van der Waals surface area contributed by atoms with E-state index in [1.165, 1.54) is 6.07 Å². The topological polar surface area (TPSA) is 29.5 Å². The summed E-state index contributed by atoms with van der Waals surface area (Å²) in [7, 11) is 0. The predicted molar refractivity (Wildman–Crippen MR) is 57.2 cm³/mol. The first-order valence-corrected chi connectivity index (χ1v) is 4.80. The molecule has 0 aromatic heterocycles. The monoisotopic (exact) mass is 210 g/mol. The Morgan fingerprint density at radius 2 is 2.27 bits per heavy atom. The van der Waals surface area contributed by atoms with Gasteiger partial charge in [-0.1, -0.05) is 17.7 Å². The van der Waals surface area contributed by atoms with E-state index in [1.807, 2.05) is 6.92 Å². The Balaban J connectivity index is 2.70. The summed E-state index contributed by atoms with van der Waals surface area (Å²) in [6.07, 6.45) is 0.680. The molecular formula is C12H15FO2. The van der Waals surface area contributed by atoms with Crippen molar-refractivity contribution in [3.8, 4) is 5.75 Å². The molecule has 3 heteroatoms. The lowest BCUT2D eigenvalue weighted by Crippen LogP contribution is -2.02. The van der Waals surface area contributed by atoms with E-state index in [4.69, 9.17) is 9.84 Å². The van der Waals surface area contributed by atoms with E-state index in [1.54, 1.807) is 12.1 Å². The van der Waals surface area contributed by atoms with Gasteiger partial charge in [0.05, 0.1) is 13.2 Å². The number of benzene rings is 1. The summed E-state index contributed by atoms with van der Waals surface area (Å²) in [5.41, 5.74) is 1.45. The maximum absolute atomic E-state index is 13.3. The number of aliphatic hydroxyl groups excluding tert-OH is 1. The first kappa shape index (κ1) is 11.7. The largest absolute Gasteiger partial charge is 0.490 e. The molecule has 1 aromatic rings. The van der Waals surface area contributed by atoms with Crippen LogP contribution >= 0.6 is 0 Å². The van der Waals surface area contributed by atoms with Crippen LogP contribution in [0.3, 0.4) is 0 Å². The van der Waals surface area contributed by atoms with Gasteiger partial charge in [-0.2, -0.15) is 0 Å². The lowest BCUT2D eigenvalue weighted by atomic mass is 10.2. The fourth-order valence-corrected chi connectivity index (χ4v) is 1.17. The molecule has 0 heterocycles. The van der Waals surface area contributed by atoms with Crippen molar-refractivity contribution in [2.24, 2.45) is 0 Å². The lowest BCUT2D eigenvalue weighted by Gasteiger charge is -2.10. The third-order valence-corrected chi connectivity index (χ3v) is 1.99. The van der Waals surface area contributed by atoms with Crippen molar-refractivity contribution in [1.29, 1.82) is 0 Å². The molecule has 0 amide bonds. The normalized spacial score (nSPS) is 10.1. The van der Waals surface area contributed by atoms with Gasteiger partial charge in [-0.25, -0.2) is 4.39 Å². The Labute approximate surface area is 89.0 Å². The average molecular weight is 210 g/mol. The van der Waals surface area contributed by atoms with Gasteiger partial charge in [-0.3, -0.25) is 0 Å². The molecule has 0 atom stereocenters. The Morgan fingerprint density at radius 1 is 1.53 bits per heavy atom. The maximum atomic E-state index is 13.3. The fourth-order valence-electron chi connectivity index (χ4n) is 1.17. The minimum atomic E-state index is -0.441. The summed E-state index contributed by atoms with van der Waals surface area (Å²) in [5.74, 6) is -0.301. The van der Waals surface area contributed by atoms with Crippen molar-refractivity contribution in [2.45, 2.75) is 20.0 Å². The molecule has 0 fully saturated rings. The number of hydrogen-bond donors (Lipinski definition) is 1. The van der Waals surface area contributed by atoms with Crippen molar-refractivity contribution in [2.75, 3.05) is 6.61 Å². The molecule has 15 heavy (non-hydrogen) atoms. The quantitative estimate of drug-likeness (QED) is 0.757. The second kappa shape index (κ2) is 5.51. The minimum Gasteiger partial charge on any atom is -0.490 e. The molecule has 0 saturated heterocycles. The van der Waals surface area contributed by atoms with E-state index in [0.29, 0.717) is 18.6 Å². The van der Waals surface area contributed by atoms with E-state index in [0.717, 1.165) is 5.57 Å². The third-order valence-electron chi connectivity index (χ3n) is 1.99. The van der Waals surface area contributed by atoms with E-state index in [2.05, 4.69) is 6.58 Å². The lowest BCUT2D eigenvalue weighted by molar-refractivity contribution is 0.257. The molecule has 0 radical (unpaired) electrons. The maximum Gasteiger partial charge on any atom is 0.165 e. The fraction of sp³-hybridized carbons (Fsp3) is 0.333. The van der Waals surface area contributed by atoms with Crippen LogP contribution in [0.15, 0.2) is 30.4 Å². The van der Waals surface area contributed by atoms with Crippen LogP contribution in [0.25, 0.3) is 0 Å². The Kier molecular flexibility index (Phi) is 4.31. The molecule has 1 rings (SSSR count). The van der Waals surface area contributed by atoms with Crippen molar-refractivity contribution in [3.63, 3.8) is 0 Å². The zero-order chi connectivity index (χ0) is 11.3. The second-order valence-electron chi connectivity index (χ2n) is 3.44. The SMILES string of the molecule is C=C(C)CCOc1c(F)cccc1CO. The average Bonchev–Trinajstić information content (AvgIpc) is 2.20. The molecular weight excluding hydrogens is 195 g/mol. The van der Waals surface area contributed by atoms with Gasteiger partial charge in [0.25, 0.3) is 0 Å². The zero-order valence-corrected chi connectivity index (χ0v) is 8.79. The third kappa shape index (κ3) is 3.36. The first-order chi connectivity index (χ1) is 7.15. The molecule has 82 valence electrons. The van der Waals surface area contributed by atoms with Crippen molar-refractivity contribution < 1.29 is 14.2 Å². The smallest absolute Gasteiger partial charge is 0.165 e. The predicted octanol–water partition coefficient (Wildman–Crippen LogP) is 2.66. The number of hydrogen-bond acceptors (Lipinski definition) is 2. The van der Waals surface area contributed by atoms with Crippen molar-refractivity contribution >= 4 is 0 Å². The van der Waals surface area contributed by atoms with Crippen molar-refractivity contribution in [1.82, 2.24) is 0 Å². The van der Waals surface area contributed by atoms with Crippen LogP contribution in [-0.2, 0) is 6.61 Å². The van der Waals surface area contributed by atoms with Gasteiger partial charge in [-0.05, 0) is 13.0 Å². The summed E-state index contributed by atoms with van der Waals surface area (Å²) >= 11 is 0. The Hall–Kier alpha value is -1.35. The summed E-state index contributed by atoms with van der Waals surface area (Å²) in [4.78, 5) is 0. The highest BCUT2D eigenvalue weighted by molar-refractivity contribution is 5.34. The van der Waals surface area contributed by atoms with Gasteiger partial charge >= 0.3 is 0 Å². The minimum absolute atomic E-state index is 0.140. The molecule has 0 bridgehead atoms. The van der Waals surface area contributed by atoms with Crippen LogP contribution in [0.4, 0.5) is 4.39 Å². The van der Waals surface area contributed by atoms with E-state index in [9.17, 15) is 4.39 Å². The standard InChI is InChI=1S/C12H15FO2/c1-9(2)6-7-15-12-10(8-14)4-3-5-11(12)13/h3-5,14H,1,6-8H2,2H3. The van der Waals surface area contributed by atoms with Crippen LogP contribution in [0.5, 0.6) is 5.75 Å². The zero-order valence-electron chi connectivity index (χ0n) is 8.79. The van der Waals surface area contributed by atoms with Crippen molar-refractivity contribution in [3.05, 3.63) is 41.7 Å². The van der Waals surface area contributed by atoms with E-state index in [-0.39, 0.29) is 12.4 Å². The summed E-state index contributed by atoms with van der Waals surface area (Å²) in [6, 6.07) is 4.50. The second-order valence-corrected chi connectivity index (χ2v) is 3.44. The molecule has 0 saturated carbocycles. The summed E-state index contributed by atoms with van der Waals surface area (Å²) in [6.45, 7) is 5.77. The molecule has 1 N–H and O–H groups in total. The highest BCUT2D eigenvalue weighted by Gasteiger charge is 2.08. The number of ether oxygens (including phenoxy) is 1. The highest BCUT2D eigenvalue weighted by Crippen LogP contribution is 2.22. The number of aliphatic hydroxyl groups is 1. The van der Waals surface area contributed by atoms with Gasteiger partial charge < -0.3 is 9.84 Å². The summed E-state index contributed by atoms with van der Waals surface area (Å²) in [5, 5.41) is 8.99. The first-order valence-electron chi connectivity index (χ1n) is 4.80. The molecule has 0 aliphatic carbocycles. The van der Waals surface area contributed by atoms with E-state index < -0.39 is 5.82 Å². The van der Waals surface area contributed by atoms with Crippen LogP contribution in [0, 0.1) is 5.82 Å². The molecule has 0 aliphatic rings. The van der Waals surface area contributed by atoms with Crippen LogP contribution in [0.2, 0.25) is 0 Å². The van der Waals surface area contributed by atoms with Gasteiger partial charge in [0.1, 0.15) is 0 Å². The van der Waals surface area contributed by atoms with Gasteiger partial charge in [-0.15, -0.1) is 6.58 Å².